The van der Waals surface area contributed by atoms with Gasteiger partial charge in [-0.1, -0.05) is 33.6 Å². The van der Waals surface area contributed by atoms with E-state index in [1.807, 2.05) is 29.1 Å². The summed E-state index contributed by atoms with van der Waals surface area (Å²) in [5.74, 6) is 1.47. The molecule has 0 radical (unpaired) electrons. The lowest BCUT2D eigenvalue weighted by Crippen LogP contribution is -1.99. The van der Waals surface area contributed by atoms with Gasteiger partial charge in [0.2, 0.25) is 0 Å². The molecule has 0 N–H and O–H groups in total. The van der Waals surface area contributed by atoms with Crippen molar-refractivity contribution >= 4 is 27.5 Å². The van der Waals surface area contributed by atoms with E-state index in [1.165, 1.54) is 0 Å². The highest BCUT2D eigenvalue weighted by Crippen LogP contribution is 2.32. The molecule has 0 unspecified atom stereocenters. The maximum absolute atomic E-state index is 6.12. The van der Waals surface area contributed by atoms with Gasteiger partial charge in [-0.2, -0.15) is 5.10 Å². The van der Waals surface area contributed by atoms with Crippen molar-refractivity contribution in [1.82, 2.24) is 9.78 Å². The molecule has 5 heteroatoms. The van der Waals surface area contributed by atoms with E-state index in [1.54, 1.807) is 6.20 Å². The zero-order chi connectivity index (χ0) is 13.1. The van der Waals surface area contributed by atoms with Crippen LogP contribution >= 0.6 is 27.5 Å². The quantitative estimate of drug-likeness (QED) is 0.753. The van der Waals surface area contributed by atoms with Crippen molar-refractivity contribution in [2.75, 3.05) is 0 Å². The number of halogens is 2. The van der Waals surface area contributed by atoms with Crippen molar-refractivity contribution in [1.29, 1.82) is 0 Å². The Balaban J connectivity index is 2.25. The number of hydrogen-bond acceptors (Lipinski definition) is 2. The number of aromatic nitrogens is 2. The van der Waals surface area contributed by atoms with E-state index in [9.17, 15) is 0 Å². The summed E-state index contributed by atoms with van der Waals surface area (Å²) in [6.07, 6.45) is 3.59. The minimum Gasteiger partial charge on any atom is -0.454 e. The molecular formula is C13H14BrClN2O. The molecule has 96 valence electrons. The molecule has 0 saturated carbocycles. The SMILES string of the molecule is CC(C)n1cc(Oc2cccc(Cl)c2CBr)cn1. The van der Waals surface area contributed by atoms with Crippen LogP contribution in [0, 0.1) is 0 Å². The second kappa shape index (κ2) is 5.76. The summed E-state index contributed by atoms with van der Waals surface area (Å²) in [5.41, 5.74) is 0.941. The summed E-state index contributed by atoms with van der Waals surface area (Å²) >= 11 is 9.54. The zero-order valence-electron chi connectivity index (χ0n) is 10.2. The van der Waals surface area contributed by atoms with E-state index < -0.39 is 0 Å². The van der Waals surface area contributed by atoms with E-state index in [2.05, 4.69) is 34.9 Å². The van der Waals surface area contributed by atoms with Gasteiger partial charge in [0, 0.05) is 22.0 Å². The van der Waals surface area contributed by atoms with Crippen LogP contribution in [0.15, 0.2) is 30.6 Å². The molecule has 0 aliphatic carbocycles. The molecule has 2 rings (SSSR count). The Morgan fingerprint density at radius 3 is 2.83 bits per heavy atom. The van der Waals surface area contributed by atoms with Gasteiger partial charge in [0.1, 0.15) is 5.75 Å². The van der Waals surface area contributed by atoms with E-state index in [0.717, 1.165) is 11.3 Å². The summed E-state index contributed by atoms with van der Waals surface area (Å²) in [7, 11) is 0. The summed E-state index contributed by atoms with van der Waals surface area (Å²) in [6, 6.07) is 5.94. The van der Waals surface area contributed by atoms with Gasteiger partial charge in [-0.15, -0.1) is 0 Å². The van der Waals surface area contributed by atoms with Gasteiger partial charge in [0.25, 0.3) is 0 Å². The Morgan fingerprint density at radius 2 is 2.22 bits per heavy atom. The average molecular weight is 330 g/mol. The highest BCUT2D eigenvalue weighted by atomic mass is 79.9. The first kappa shape index (κ1) is 13.4. The molecule has 1 heterocycles. The lowest BCUT2D eigenvalue weighted by molar-refractivity contribution is 0.473. The molecule has 0 spiro atoms. The molecule has 1 aromatic heterocycles. The second-order valence-corrected chi connectivity index (χ2v) is 5.17. The fourth-order valence-electron chi connectivity index (χ4n) is 1.55. The zero-order valence-corrected chi connectivity index (χ0v) is 12.6. The normalized spacial score (nSPS) is 10.9. The van der Waals surface area contributed by atoms with Crippen molar-refractivity contribution < 1.29 is 4.74 Å². The van der Waals surface area contributed by atoms with Crippen LogP contribution in [0.25, 0.3) is 0 Å². The van der Waals surface area contributed by atoms with Gasteiger partial charge in [0.05, 0.1) is 12.4 Å². The second-order valence-electron chi connectivity index (χ2n) is 4.20. The van der Waals surface area contributed by atoms with Crippen molar-refractivity contribution in [3.8, 4) is 11.5 Å². The van der Waals surface area contributed by atoms with Crippen LogP contribution in [-0.4, -0.2) is 9.78 Å². The van der Waals surface area contributed by atoms with Gasteiger partial charge < -0.3 is 4.74 Å². The fourth-order valence-corrected chi connectivity index (χ4v) is 2.52. The standard InChI is InChI=1S/C13H14BrClN2O/c1-9(2)17-8-10(7-16-17)18-13-5-3-4-12(15)11(13)6-14/h3-5,7-9H,6H2,1-2H3. The summed E-state index contributed by atoms with van der Waals surface area (Å²) < 4.78 is 7.67. The Morgan fingerprint density at radius 1 is 1.44 bits per heavy atom. The first-order valence-electron chi connectivity index (χ1n) is 5.67. The van der Waals surface area contributed by atoms with Crippen molar-refractivity contribution in [3.05, 3.63) is 41.2 Å². The molecule has 0 fully saturated rings. The summed E-state index contributed by atoms with van der Waals surface area (Å²) in [6.45, 7) is 4.14. The Bertz CT molecular complexity index is 540. The first-order valence-corrected chi connectivity index (χ1v) is 7.17. The molecule has 3 nitrogen and oxygen atoms in total. The minimum atomic E-state index is 0.317. The number of rotatable bonds is 4. The van der Waals surface area contributed by atoms with Gasteiger partial charge in [-0.3, -0.25) is 4.68 Å². The van der Waals surface area contributed by atoms with Gasteiger partial charge in [-0.05, 0) is 26.0 Å². The van der Waals surface area contributed by atoms with Crippen molar-refractivity contribution in [3.63, 3.8) is 0 Å². The number of nitrogens with zero attached hydrogens (tertiary/aromatic N) is 2. The highest BCUT2D eigenvalue weighted by Gasteiger charge is 2.09. The van der Waals surface area contributed by atoms with E-state index in [4.69, 9.17) is 16.3 Å². The molecule has 0 aliphatic rings. The largest absolute Gasteiger partial charge is 0.454 e. The number of hydrogen-bond donors (Lipinski definition) is 0. The molecule has 0 amide bonds. The molecular weight excluding hydrogens is 316 g/mol. The average Bonchev–Trinajstić information content (AvgIpc) is 2.78. The molecule has 0 aliphatic heterocycles. The van der Waals surface area contributed by atoms with E-state index >= 15 is 0 Å². The van der Waals surface area contributed by atoms with Gasteiger partial charge >= 0.3 is 0 Å². The maximum atomic E-state index is 6.12. The predicted octanol–water partition coefficient (Wildman–Crippen LogP) is 4.80. The summed E-state index contributed by atoms with van der Waals surface area (Å²) in [4.78, 5) is 0. The van der Waals surface area contributed by atoms with E-state index in [-0.39, 0.29) is 0 Å². The predicted molar refractivity (Wildman–Crippen MR) is 76.8 cm³/mol. The third kappa shape index (κ3) is 2.87. The third-order valence-electron chi connectivity index (χ3n) is 2.54. The topological polar surface area (TPSA) is 27.1 Å². The molecule has 1 aromatic carbocycles. The third-order valence-corrected chi connectivity index (χ3v) is 3.46. The van der Waals surface area contributed by atoms with E-state index in [0.29, 0.717) is 22.1 Å². The lowest BCUT2D eigenvalue weighted by Gasteiger charge is -2.09. The van der Waals surface area contributed by atoms with Crippen LogP contribution in [-0.2, 0) is 5.33 Å². The molecule has 0 saturated heterocycles. The lowest BCUT2D eigenvalue weighted by atomic mass is 10.2. The maximum Gasteiger partial charge on any atom is 0.165 e. The Kier molecular flexibility index (Phi) is 4.30. The smallest absolute Gasteiger partial charge is 0.165 e. The van der Waals surface area contributed by atoms with Crippen LogP contribution in [0.4, 0.5) is 0 Å². The van der Waals surface area contributed by atoms with Crippen LogP contribution in [0.1, 0.15) is 25.5 Å². The first-order chi connectivity index (χ1) is 8.61. The molecule has 0 bridgehead atoms. The van der Waals surface area contributed by atoms with Crippen LogP contribution < -0.4 is 4.74 Å². The number of benzene rings is 1. The summed E-state index contributed by atoms with van der Waals surface area (Å²) in [5, 5.41) is 5.58. The highest BCUT2D eigenvalue weighted by molar-refractivity contribution is 9.08. The fraction of sp³-hybridized carbons (Fsp3) is 0.308. The monoisotopic (exact) mass is 328 g/mol. The van der Waals surface area contributed by atoms with Crippen LogP contribution in [0.3, 0.4) is 0 Å². The van der Waals surface area contributed by atoms with Crippen molar-refractivity contribution in [2.24, 2.45) is 0 Å². The van der Waals surface area contributed by atoms with Gasteiger partial charge in [0.15, 0.2) is 5.75 Å². The number of alkyl halides is 1. The Labute approximate surface area is 120 Å². The van der Waals surface area contributed by atoms with Crippen molar-refractivity contribution in [2.45, 2.75) is 25.2 Å². The van der Waals surface area contributed by atoms with Gasteiger partial charge in [-0.25, -0.2) is 0 Å². The van der Waals surface area contributed by atoms with Crippen LogP contribution in [0.5, 0.6) is 11.5 Å². The van der Waals surface area contributed by atoms with Crippen LogP contribution in [0.2, 0.25) is 5.02 Å². The molecule has 0 atom stereocenters. The molecule has 18 heavy (non-hydrogen) atoms. The number of ether oxygens (including phenoxy) is 1. The minimum absolute atomic E-state index is 0.317. The Hall–Kier alpha value is -1.00. The molecule has 2 aromatic rings.